The van der Waals surface area contributed by atoms with Gasteiger partial charge in [0.1, 0.15) is 31.0 Å². The van der Waals surface area contributed by atoms with E-state index in [9.17, 15) is 35.1 Å². The van der Waals surface area contributed by atoms with Gasteiger partial charge in [0, 0.05) is 30.8 Å². The molecule has 4 saturated carbocycles. The number of carbonyl (C=O) groups is 2. The van der Waals surface area contributed by atoms with E-state index in [1.807, 2.05) is 6.92 Å². The van der Waals surface area contributed by atoms with Crippen molar-refractivity contribution in [3.63, 3.8) is 0 Å². The molecule has 16 nitrogen and oxygen atoms in total. The average molecular weight is 811 g/mol. The van der Waals surface area contributed by atoms with Gasteiger partial charge in [0.05, 0.1) is 36.1 Å². The van der Waals surface area contributed by atoms with Crippen LogP contribution in [0.2, 0.25) is 0 Å². The zero-order valence-corrected chi connectivity index (χ0v) is 33.4. The molecule has 322 valence electrons. The Balaban J connectivity index is 0.819. The van der Waals surface area contributed by atoms with Gasteiger partial charge in [0.15, 0.2) is 25.2 Å². The van der Waals surface area contributed by atoms with E-state index in [0.29, 0.717) is 18.4 Å². The van der Waals surface area contributed by atoms with Crippen LogP contribution in [0.25, 0.3) is 0 Å². The van der Waals surface area contributed by atoms with Gasteiger partial charge >= 0.3 is 12.1 Å². The van der Waals surface area contributed by atoms with Crippen molar-refractivity contribution in [2.75, 3.05) is 6.61 Å². The summed E-state index contributed by atoms with van der Waals surface area (Å²) in [5.41, 5.74) is 0.128. The molecule has 8 rings (SSSR count). The maximum Gasteiger partial charge on any atom is 0.506 e. The van der Waals surface area contributed by atoms with Crippen molar-refractivity contribution in [3.05, 3.63) is 11.6 Å². The van der Waals surface area contributed by atoms with Gasteiger partial charge in [-0.1, -0.05) is 13.8 Å². The topological polar surface area (TPSA) is 229 Å². The normalized spacial score (nSPS) is 52.5. The van der Waals surface area contributed by atoms with Gasteiger partial charge in [-0.3, -0.25) is 0 Å². The summed E-state index contributed by atoms with van der Waals surface area (Å²) in [4.78, 5) is 23.0. The molecular formula is C41H62O16. The molecule has 8 aliphatic rings. The standard InChI is InChI=1S/C41H62O16/c1-19-35(55-32-16-28(43)36(20(2)52-32)56-33-17-29(54-38(47)48)34(45)37(46)57-33)27(42)15-31(51-19)53-23-7-10-39(3)22(14-23)5-6-26-25(39)8-11-40(4)24(9-12-41(26,40)49)21-13-30(44)50-18-21/h13,19-20,22-29,31-37,42-43,45-46,49H,5-12,14-18H2,1-4H3,(H,47,48). The lowest BCUT2D eigenvalue weighted by Gasteiger charge is -2.64. The van der Waals surface area contributed by atoms with Crippen molar-refractivity contribution in [2.45, 2.75) is 190 Å². The first kappa shape index (κ1) is 41.8. The minimum atomic E-state index is -1.75. The summed E-state index contributed by atoms with van der Waals surface area (Å²) in [7, 11) is 0. The third kappa shape index (κ3) is 7.57. The minimum absolute atomic E-state index is 0.00676. The largest absolute Gasteiger partial charge is 0.506 e. The number of aliphatic hydroxyl groups excluding tert-OH is 4. The van der Waals surface area contributed by atoms with E-state index in [0.717, 1.165) is 63.4 Å². The molecule has 0 aromatic rings. The highest BCUT2D eigenvalue weighted by Crippen LogP contribution is 2.70. The summed E-state index contributed by atoms with van der Waals surface area (Å²) in [5.74, 6) is 1.02. The molecule has 0 aromatic heterocycles. The number of carbonyl (C=O) groups excluding carboxylic acids is 1. The lowest BCUT2D eigenvalue weighted by atomic mass is 9.43. The van der Waals surface area contributed by atoms with E-state index >= 15 is 0 Å². The molecule has 4 aliphatic carbocycles. The number of carboxylic acid groups (broad SMARTS) is 1. The highest BCUT2D eigenvalue weighted by Gasteiger charge is 2.68. The van der Waals surface area contributed by atoms with Crippen LogP contribution in [0.15, 0.2) is 11.6 Å². The molecule has 0 aromatic carbocycles. The molecule has 57 heavy (non-hydrogen) atoms. The van der Waals surface area contributed by atoms with E-state index in [1.165, 1.54) is 0 Å². The summed E-state index contributed by atoms with van der Waals surface area (Å²) < 4.78 is 46.2. The second-order valence-electron chi connectivity index (χ2n) is 18.8. The van der Waals surface area contributed by atoms with Crippen LogP contribution < -0.4 is 0 Å². The van der Waals surface area contributed by atoms with Gasteiger partial charge in [-0.15, -0.1) is 0 Å². The molecule has 6 N–H and O–H groups in total. The Bertz CT molecular complexity index is 1500. The Labute approximate surface area is 333 Å². The summed E-state index contributed by atoms with van der Waals surface area (Å²) in [6.07, 6.45) is -3.82. The first-order chi connectivity index (χ1) is 27.0. The molecule has 4 heterocycles. The van der Waals surface area contributed by atoms with Crippen molar-refractivity contribution in [1.82, 2.24) is 0 Å². The number of ether oxygens (including phenoxy) is 8. The van der Waals surface area contributed by atoms with E-state index in [4.69, 9.17) is 38.3 Å². The molecule has 20 unspecified atom stereocenters. The van der Waals surface area contributed by atoms with Gasteiger partial charge < -0.3 is 68.5 Å². The lowest BCUT2D eigenvalue weighted by Crippen LogP contribution is -2.62. The Morgan fingerprint density at radius 1 is 0.772 bits per heavy atom. The van der Waals surface area contributed by atoms with Gasteiger partial charge in [-0.05, 0) is 106 Å². The third-order valence-corrected chi connectivity index (χ3v) is 15.8. The SMILES string of the molecule is CC1OC(OC2CCC3(C)C(CCC4C3CCC3(C)C(C5=CC(=O)OC5)CCC43O)C2)CC(O)C1OC1CC(O)C(OC2CC(OC(=O)O)C(O)C(O)O2)C(C)O1. The number of aliphatic hydroxyl groups is 5. The molecule has 3 saturated heterocycles. The van der Waals surface area contributed by atoms with Crippen molar-refractivity contribution >= 4 is 12.1 Å². The molecule has 4 aliphatic heterocycles. The number of rotatable bonds is 8. The van der Waals surface area contributed by atoms with Gasteiger partial charge in [0.25, 0.3) is 0 Å². The number of hydrogen-bond acceptors (Lipinski definition) is 15. The summed E-state index contributed by atoms with van der Waals surface area (Å²) >= 11 is 0. The minimum Gasteiger partial charge on any atom is -0.458 e. The van der Waals surface area contributed by atoms with Crippen LogP contribution in [0.1, 0.15) is 105 Å². The van der Waals surface area contributed by atoms with Crippen molar-refractivity contribution in [2.24, 2.45) is 34.5 Å². The van der Waals surface area contributed by atoms with Crippen LogP contribution in [0.4, 0.5) is 4.79 Å². The maximum atomic E-state index is 12.6. The predicted octanol–water partition coefficient (Wildman–Crippen LogP) is 2.88. The first-order valence-corrected chi connectivity index (χ1v) is 21.1. The van der Waals surface area contributed by atoms with Gasteiger partial charge in [-0.25, -0.2) is 9.59 Å². The number of fused-ring (bicyclic) bond motifs is 5. The van der Waals surface area contributed by atoms with Gasteiger partial charge in [0.2, 0.25) is 0 Å². The molecule has 7 fully saturated rings. The fraction of sp³-hybridized carbons (Fsp3) is 0.902. The Morgan fingerprint density at radius 3 is 2.04 bits per heavy atom. The smallest absolute Gasteiger partial charge is 0.458 e. The van der Waals surface area contributed by atoms with Gasteiger partial charge in [-0.2, -0.15) is 0 Å². The molecule has 0 amide bonds. The Morgan fingerprint density at radius 2 is 1.42 bits per heavy atom. The Kier molecular flexibility index (Phi) is 11.6. The first-order valence-electron chi connectivity index (χ1n) is 21.1. The highest BCUT2D eigenvalue weighted by molar-refractivity contribution is 5.85. The maximum absolute atomic E-state index is 12.6. The van der Waals surface area contributed by atoms with Crippen LogP contribution >= 0.6 is 0 Å². The molecule has 20 atom stereocenters. The molecule has 0 radical (unpaired) electrons. The van der Waals surface area contributed by atoms with Crippen molar-refractivity contribution in [1.29, 1.82) is 0 Å². The van der Waals surface area contributed by atoms with Crippen LogP contribution in [-0.4, -0.2) is 135 Å². The zero-order chi connectivity index (χ0) is 40.6. The molecule has 0 bridgehead atoms. The molecule has 0 spiro atoms. The summed E-state index contributed by atoms with van der Waals surface area (Å²) in [6, 6.07) is 0. The van der Waals surface area contributed by atoms with Crippen molar-refractivity contribution in [3.8, 4) is 0 Å². The van der Waals surface area contributed by atoms with E-state index in [1.54, 1.807) is 13.0 Å². The number of esters is 1. The lowest BCUT2D eigenvalue weighted by molar-refractivity contribution is -0.351. The monoisotopic (exact) mass is 810 g/mol. The second kappa shape index (κ2) is 15.8. The fourth-order valence-corrected chi connectivity index (χ4v) is 12.8. The predicted molar refractivity (Wildman–Crippen MR) is 195 cm³/mol. The second-order valence-corrected chi connectivity index (χ2v) is 18.8. The number of cyclic esters (lactones) is 1. The van der Waals surface area contributed by atoms with Crippen LogP contribution in [0.3, 0.4) is 0 Å². The quantitative estimate of drug-likeness (QED) is 0.153. The summed E-state index contributed by atoms with van der Waals surface area (Å²) in [5, 5.41) is 63.9. The van der Waals surface area contributed by atoms with Crippen molar-refractivity contribution < 1.29 is 78.1 Å². The molecule has 16 heteroatoms. The zero-order valence-electron chi connectivity index (χ0n) is 33.4. The van der Waals surface area contributed by atoms with E-state index < -0.39 is 85.7 Å². The average Bonchev–Trinajstić information content (AvgIpc) is 3.69. The summed E-state index contributed by atoms with van der Waals surface area (Å²) in [6.45, 7) is 8.52. The molecular weight excluding hydrogens is 748 g/mol. The Hall–Kier alpha value is -1.96. The fourth-order valence-electron chi connectivity index (χ4n) is 12.8. The van der Waals surface area contributed by atoms with Crippen LogP contribution in [0.5, 0.6) is 0 Å². The number of hydrogen-bond donors (Lipinski definition) is 6. The highest BCUT2D eigenvalue weighted by atomic mass is 16.8. The van der Waals surface area contributed by atoms with E-state index in [-0.39, 0.29) is 54.0 Å². The van der Waals surface area contributed by atoms with E-state index in [2.05, 4.69) is 18.6 Å². The van der Waals surface area contributed by atoms with Crippen LogP contribution in [0, 0.1) is 34.5 Å². The third-order valence-electron chi connectivity index (χ3n) is 15.8. The van der Waals surface area contributed by atoms with Crippen LogP contribution in [-0.2, 0) is 42.7 Å².